The number of hydrogen-bond donors (Lipinski definition) is 0. The highest BCUT2D eigenvalue weighted by atomic mass is 79.9. The Balaban J connectivity index is 1.74. The van der Waals surface area contributed by atoms with Crippen molar-refractivity contribution in [3.63, 3.8) is 0 Å². The summed E-state index contributed by atoms with van der Waals surface area (Å²) in [7, 11) is 0. The molecule has 1 saturated heterocycles. The van der Waals surface area contributed by atoms with Gasteiger partial charge in [-0.2, -0.15) is 0 Å². The van der Waals surface area contributed by atoms with E-state index in [0.717, 1.165) is 22.0 Å². The van der Waals surface area contributed by atoms with Gasteiger partial charge in [-0.05, 0) is 51.8 Å². The maximum atomic E-state index is 12.8. The summed E-state index contributed by atoms with van der Waals surface area (Å²) in [5.41, 5.74) is 1.29. The van der Waals surface area contributed by atoms with Gasteiger partial charge in [0.25, 0.3) is 5.91 Å². The minimum Gasteiger partial charge on any atom is -0.444 e. The lowest BCUT2D eigenvalue weighted by atomic mass is 10.1. The van der Waals surface area contributed by atoms with Crippen molar-refractivity contribution in [2.75, 3.05) is 6.54 Å². The summed E-state index contributed by atoms with van der Waals surface area (Å²) in [4.78, 5) is 28.8. The van der Waals surface area contributed by atoms with Gasteiger partial charge >= 0.3 is 6.09 Å². The second-order valence-corrected chi connectivity index (χ2v) is 8.42. The fourth-order valence-corrected chi connectivity index (χ4v) is 3.84. The van der Waals surface area contributed by atoms with Crippen LogP contribution in [0.15, 0.2) is 22.7 Å². The average molecular weight is 395 g/mol. The molecular formula is C18H23BrN2O3. The van der Waals surface area contributed by atoms with Gasteiger partial charge in [0.05, 0.1) is 12.1 Å². The first-order valence-electron chi connectivity index (χ1n) is 8.26. The summed E-state index contributed by atoms with van der Waals surface area (Å²) in [5.74, 6) is 0.0502. The van der Waals surface area contributed by atoms with Crippen LogP contribution in [0.5, 0.6) is 0 Å². The minimum atomic E-state index is -0.513. The first-order valence-corrected chi connectivity index (χ1v) is 9.06. The van der Waals surface area contributed by atoms with E-state index in [9.17, 15) is 9.59 Å². The molecule has 0 aromatic heterocycles. The number of benzene rings is 1. The summed E-state index contributed by atoms with van der Waals surface area (Å²) in [6, 6.07) is 5.80. The number of hydrogen-bond acceptors (Lipinski definition) is 3. The molecule has 0 spiro atoms. The number of carbonyl (C=O) groups is 2. The number of halogens is 1. The Hall–Kier alpha value is -1.56. The number of amides is 2. The molecule has 3 rings (SSSR count). The van der Waals surface area contributed by atoms with Crippen molar-refractivity contribution in [2.24, 2.45) is 0 Å². The predicted molar refractivity (Wildman–Crippen MR) is 94.8 cm³/mol. The third kappa shape index (κ3) is 3.16. The number of ether oxygens (including phenoxy) is 1. The monoisotopic (exact) mass is 394 g/mol. The van der Waals surface area contributed by atoms with Gasteiger partial charge in [-0.25, -0.2) is 4.79 Å². The maximum Gasteiger partial charge on any atom is 0.410 e. The summed E-state index contributed by atoms with van der Waals surface area (Å²) < 4.78 is 6.39. The molecule has 6 heteroatoms. The molecule has 1 aromatic carbocycles. The molecule has 1 aromatic rings. The van der Waals surface area contributed by atoms with Crippen LogP contribution in [0.2, 0.25) is 0 Å². The second-order valence-electron chi connectivity index (χ2n) is 7.50. The maximum absolute atomic E-state index is 12.8. The van der Waals surface area contributed by atoms with E-state index in [0.29, 0.717) is 13.1 Å². The highest BCUT2D eigenvalue weighted by Gasteiger charge is 2.43. The Morgan fingerprint density at radius 1 is 1.33 bits per heavy atom. The van der Waals surface area contributed by atoms with E-state index in [2.05, 4.69) is 15.9 Å². The third-order valence-electron chi connectivity index (χ3n) is 4.65. The van der Waals surface area contributed by atoms with Crippen molar-refractivity contribution in [1.82, 2.24) is 9.80 Å². The van der Waals surface area contributed by atoms with Crippen LogP contribution < -0.4 is 0 Å². The first kappa shape index (κ1) is 17.3. The van der Waals surface area contributed by atoms with Crippen molar-refractivity contribution in [2.45, 2.75) is 58.3 Å². The van der Waals surface area contributed by atoms with Gasteiger partial charge in [-0.15, -0.1) is 0 Å². The number of carbonyl (C=O) groups excluding carboxylic acids is 2. The van der Waals surface area contributed by atoms with Gasteiger partial charge in [0.15, 0.2) is 0 Å². The Kier molecular flexibility index (Phi) is 4.36. The lowest BCUT2D eigenvalue weighted by Gasteiger charge is -2.31. The third-order valence-corrected chi connectivity index (χ3v) is 5.14. The van der Waals surface area contributed by atoms with E-state index in [1.165, 1.54) is 0 Å². The van der Waals surface area contributed by atoms with E-state index in [1.807, 2.05) is 50.8 Å². The number of fused-ring (bicyclic) bond motifs is 1. The molecule has 2 aliphatic rings. The fourth-order valence-electron chi connectivity index (χ4n) is 3.48. The zero-order valence-corrected chi connectivity index (χ0v) is 16.1. The molecule has 0 bridgehead atoms. The largest absolute Gasteiger partial charge is 0.444 e. The van der Waals surface area contributed by atoms with E-state index in [1.54, 1.807) is 4.90 Å². The zero-order chi connectivity index (χ0) is 17.6. The van der Waals surface area contributed by atoms with Gasteiger partial charge in [-0.3, -0.25) is 4.79 Å². The molecule has 5 nitrogen and oxygen atoms in total. The average Bonchev–Trinajstić information content (AvgIpc) is 2.98. The molecule has 0 N–H and O–H groups in total. The topological polar surface area (TPSA) is 49.9 Å². The summed E-state index contributed by atoms with van der Waals surface area (Å²) in [6.45, 7) is 8.81. The van der Waals surface area contributed by atoms with Gasteiger partial charge < -0.3 is 14.5 Å². The van der Waals surface area contributed by atoms with Crippen molar-refractivity contribution >= 4 is 27.9 Å². The van der Waals surface area contributed by atoms with Crippen molar-refractivity contribution in [3.05, 3.63) is 33.8 Å². The second kappa shape index (κ2) is 6.06. The standard InChI is InChI=1S/C18H23BrN2O3/c1-11-15(7-8-20(11)17(23)24-18(2,3)4)21-10-12-5-6-13(19)9-14(12)16(21)22/h5-6,9,11,15H,7-8,10H2,1-4H3/t11-,15-/m1/s1. The normalized spacial score (nSPS) is 23.6. The van der Waals surface area contributed by atoms with Crippen molar-refractivity contribution in [3.8, 4) is 0 Å². The molecule has 0 radical (unpaired) electrons. The Morgan fingerprint density at radius 3 is 2.71 bits per heavy atom. The van der Waals surface area contributed by atoms with Crippen molar-refractivity contribution < 1.29 is 14.3 Å². The zero-order valence-electron chi connectivity index (χ0n) is 14.5. The number of nitrogens with zero attached hydrogens (tertiary/aromatic N) is 2. The van der Waals surface area contributed by atoms with E-state index in [-0.39, 0.29) is 24.1 Å². The van der Waals surface area contributed by atoms with E-state index in [4.69, 9.17) is 4.74 Å². The highest BCUT2D eigenvalue weighted by Crippen LogP contribution is 2.33. The SMILES string of the molecule is C[C@@H]1[C@H](N2Cc3ccc(Br)cc3C2=O)CCN1C(=O)OC(C)(C)C. The smallest absolute Gasteiger partial charge is 0.410 e. The quantitative estimate of drug-likeness (QED) is 0.727. The molecule has 1 fully saturated rings. The highest BCUT2D eigenvalue weighted by molar-refractivity contribution is 9.10. The molecule has 2 aliphatic heterocycles. The molecule has 2 heterocycles. The Morgan fingerprint density at radius 2 is 2.04 bits per heavy atom. The Labute approximate surface area is 151 Å². The van der Waals surface area contributed by atoms with Crippen LogP contribution in [0.3, 0.4) is 0 Å². The molecule has 0 saturated carbocycles. The van der Waals surface area contributed by atoms with Crippen LogP contribution in [0.1, 0.15) is 50.0 Å². The van der Waals surface area contributed by atoms with Crippen LogP contribution >= 0.6 is 15.9 Å². The van der Waals surface area contributed by atoms with Crippen LogP contribution in [0.4, 0.5) is 4.79 Å². The number of rotatable bonds is 1. The van der Waals surface area contributed by atoms with Gasteiger partial charge in [0.2, 0.25) is 0 Å². The Bertz CT molecular complexity index is 683. The summed E-state index contributed by atoms with van der Waals surface area (Å²) in [6.07, 6.45) is 0.478. The fraction of sp³-hybridized carbons (Fsp3) is 0.556. The van der Waals surface area contributed by atoms with Crippen LogP contribution in [-0.4, -0.2) is 46.0 Å². The van der Waals surface area contributed by atoms with Crippen LogP contribution in [0, 0.1) is 0 Å². The van der Waals surface area contributed by atoms with Gasteiger partial charge in [0, 0.05) is 23.1 Å². The molecule has 130 valence electrons. The molecule has 24 heavy (non-hydrogen) atoms. The molecule has 0 unspecified atom stereocenters. The summed E-state index contributed by atoms with van der Waals surface area (Å²) in [5, 5.41) is 0. The first-order chi connectivity index (χ1) is 11.2. The number of likely N-dealkylation sites (tertiary alicyclic amines) is 1. The van der Waals surface area contributed by atoms with Gasteiger partial charge in [-0.1, -0.05) is 22.0 Å². The predicted octanol–water partition coefficient (Wildman–Crippen LogP) is 3.80. The molecule has 2 atom stereocenters. The lowest BCUT2D eigenvalue weighted by molar-refractivity contribution is 0.0198. The minimum absolute atomic E-state index is 0.0243. The molecular weight excluding hydrogens is 372 g/mol. The van der Waals surface area contributed by atoms with Crippen LogP contribution in [0.25, 0.3) is 0 Å². The lowest BCUT2D eigenvalue weighted by Crippen LogP contribution is -2.46. The van der Waals surface area contributed by atoms with Gasteiger partial charge in [0.1, 0.15) is 5.60 Å². The van der Waals surface area contributed by atoms with E-state index < -0.39 is 5.60 Å². The molecule has 2 amide bonds. The van der Waals surface area contributed by atoms with Crippen molar-refractivity contribution in [1.29, 1.82) is 0 Å². The van der Waals surface area contributed by atoms with Crippen LogP contribution in [-0.2, 0) is 11.3 Å². The molecule has 0 aliphatic carbocycles. The van der Waals surface area contributed by atoms with E-state index >= 15 is 0 Å². The summed E-state index contributed by atoms with van der Waals surface area (Å²) >= 11 is 3.42.